The lowest BCUT2D eigenvalue weighted by molar-refractivity contribution is 0.652. The zero-order valence-electron chi connectivity index (χ0n) is 13.8. The molecule has 2 aromatic rings. The van der Waals surface area contributed by atoms with E-state index in [-0.39, 0.29) is 30.0 Å². The third-order valence-corrected chi connectivity index (χ3v) is 4.35. The summed E-state index contributed by atoms with van der Waals surface area (Å²) in [5.41, 5.74) is 0. The van der Waals surface area contributed by atoms with Gasteiger partial charge in [-0.1, -0.05) is 13.0 Å². The lowest BCUT2D eigenvalue weighted by Crippen LogP contribution is -2.38. The molecule has 2 aromatic heterocycles. The second-order valence-corrected chi connectivity index (χ2v) is 5.92. The number of halogens is 1. The molecule has 2 heterocycles. The van der Waals surface area contributed by atoms with E-state index in [1.807, 2.05) is 0 Å². The van der Waals surface area contributed by atoms with Crippen molar-refractivity contribution in [3.8, 4) is 0 Å². The van der Waals surface area contributed by atoms with Crippen molar-refractivity contribution in [3.05, 3.63) is 34.5 Å². The summed E-state index contributed by atoms with van der Waals surface area (Å²) in [4.78, 5) is 5.94. The van der Waals surface area contributed by atoms with Crippen molar-refractivity contribution < 1.29 is 0 Å². The zero-order chi connectivity index (χ0) is 15.8. The van der Waals surface area contributed by atoms with Crippen molar-refractivity contribution in [2.75, 3.05) is 13.1 Å². The largest absolute Gasteiger partial charge is 0.357 e. The summed E-state index contributed by atoms with van der Waals surface area (Å²) >= 11 is 1.75. The van der Waals surface area contributed by atoms with Gasteiger partial charge in [0.15, 0.2) is 5.96 Å². The Morgan fingerprint density at radius 2 is 2.26 bits per heavy atom. The molecule has 0 aromatic carbocycles. The van der Waals surface area contributed by atoms with Crippen LogP contribution in [0.4, 0.5) is 0 Å². The quantitative estimate of drug-likeness (QED) is 0.389. The fraction of sp³-hybridized carbons (Fsp3) is 0.533. The first-order chi connectivity index (χ1) is 10.7. The number of hydrogen-bond acceptors (Lipinski definition) is 4. The molecule has 6 nitrogen and oxygen atoms in total. The van der Waals surface area contributed by atoms with Gasteiger partial charge in [-0.3, -0.25) is 4.99 Å². The lowest BCUT2D eigenvalue weighted by Gasteiger charge is -2.16. The van der Waals surface area contributed by atoms with Crippen LogP contribution >= 0.6 is 35.3 Å². The summed E-state index contributed by atoms with van der Waals surface area (Å²) in [5, 5.41) is 16.8. The van der Waals surface area contributed by atoms with Gasteiger partial charge in [0.25, 0.3) is 0 Å². The van der Waals surface area contributed by atoms with Gasteiger partial charge in [0, 0.05) is 24.4 Å². The van der Waals surface area contributed by atoms with Crippen LogP contribution in [-0.2, 0) is 13.0 Å². The molecular formula is C15H25IN6S. The number of aliphatic imine (C=N–C) groups is 1. The van der Waals surface area contributed by atoms with E-state index in [1.165, 1.54) is 4.88 Å². The Bertz CT molecular complexity index is 581. The van der Waals surface area contributed by atoms with Gasteiger partial charge in [0.05, 0.1) is 12.6 Å². The van der Waals surface area contributed by atoms with Gasteiger partial charge in [-0.25, -0.2) is 0 Å². The average Bonchev–Trinajstić information content (AvgIpc) is 3.18. The molecule has 0 amide bonds. The fourth-order valence-electron chi connectivity index (χ4n) is 2.14. The van der Waals surface area contributed by atoms with Crippen LogP contribution in [0.25, 0.3) is 0 Å². The van der Waals surface area contributed by atoms with Crippen LogP contribution in [0, 0.1) is 0 Å². The van der Waals surface area contributed by atoms with Crippen molar-refractivity contribution >= 4 is 41.3 Å². The predicted molar refractivity (Wildman–Crippen MR) is 107 cm³/mol. The maximum atomic E-state index is 4.64. The Morgan fingerprint density at radius 3 is 2.91 bits per heavy atom. The Labute approximate surface area is 158 Å². The number of guanidine groups is 1. The van der Waals surface area contributed by atoms with Gasteiger partial charge in [-0.2, -0.15) is 0 Å². The van der Waals surface area contributed by atoms with Crippen LogP contribution < -0.4 is 10.6 Å². The Morgan fingerprint density at radius 1 is 1.43 bits per heavy atom. The van der Waals surface area contributed by atoms with Crippen LogP contribution in [0.3, 0.4) is 0 Å². The molecule has 0 saturated heterocycles. The fourth-order valence-corrected chi connectivity index (χ4v) is 2.88. The molecule has 0 aliphatic heterocycles. The van der Waals surface area contributed by atoms with Crippen LogP contribution in [-0.4, -0.2) is 33.8 Å². The first kappa shape index (κ1) is 19.9. The van der Waals surface area contributed by atoms with Gasteiger partial charge >= 0.3 is 0 Å². The summed E-state index contributed by atoms with van der Waals surface area (Å²) in [7, 11) is 0. The van der Waals surface area contributed by atoms with Crippen LogP contribution in [0.2, 0.25) is 0 Å². The number of thiophene rings is 1. The minimum atomic E-state index is 0. The highest BCUT2D eigenvalue weighted by molar-refractivity contribution is 14.0. The normalized spacial score (nSPS) is 12.6. The maximum absolute atomic E-state index is 4.64. The summed E-state index contributed by atoms with van der Waals surface area (Å²) in [6.07, 6.45) is 2.65. The molecule has 0 aliphatic rings. The molecule has 1 atom stereocenters. The molecule has 8 heteroatoms. The van der Waals surface area contributed by atoms with Crippen molar-refractivity contribution in [3.63, 3.8) is 0 Å². The zero-order valence-corrected chi connectivity index (χ0v) is 17.0. The molecule has 2 N–H and O–H groups in total. The van der Waals surface area contributed by atoms with Gasteiger partial charge in [0.1, 0.15) is 12.2 Å². The highest BCUT2D eigenvalue weighted by atomic mass is 127. The third-order valence-electron chi connectivity index (χ3n) is 3.29. The number of rotatable bonds is 7. The second-order valence-electron chi connectivity index (χ2n) is 4.94. The molecule has 1 unspecified atom stereocenters. The molecule has 0 spiro atoms. The summed E-state index contributed by atoms with van der Waals surface area (Å²) in [5.74, 6) is 1.84. The molecule has 2 rings (SSSR count). The second kappa shape index (κ2) is 10.6. The predicted octanol–water partition coefficient (Wildman–Crippen LogP) is 2.84. The molecular weight excluding hydrogens is 423 g/mol. The number of hydrogen-bond donors (Lipinski definition) is 2. The number of nitrogens with zero attached hydrogens (tertiary/aromatic N) is 4. The molecule has 0 bridgehead atoms. The van der Waals surface area contributed by atoms with Crippen LogP contribution in [0.5, 0.6) is 0 Å². The maximum Gasteiger partial charge on any atom is 0.191 e. The van der Waals surface area contributed by atoms with E-state index in [0.29, 0.717) is 6.54 Å². The minimum absolute atomic E-state index is 0. The van der Waals surface area contributed by atoms with Crippen LogP contribution in [0.1, 0.15) is 37.5 Å². The molecule has 23 heavy (non-hydrogen) atoms. The van der Waals surface area contributed by atoms with E-state index in [0.717, 1.165) is 31.3 Å². The van der Waals surface area contributed by atoms with Crippen molar-refractivity contribution in [2.24, 2.45) is 4.99 Å². The third kappa shape index (κ3) is 6.09. The monoisotopic (exact) mass is 448 g/mol. The summed E-state index contributed by atoms with van der Waals surface area (Å²) in [6, 6.07) is 4.45. The van der Waals surface area contributed by atoms with Crippen molar-refractivity contribution in [1.29, 1.82) is 0 Å². The average molecular weight is 448 g/mol. The van der Waals surface area contributed by atoms with Gasteiger partial charge in [-0.15, -0.1) is 45.5 Å². The van der Waals surface area contributed by atoms with E-state index < -0.39 is 0 Å². The van der Waals surface area contributed by atoms with E-state index in [2.05, 4.69) is 68.7 Å². The Kier molecular flexibility index (Phi) is 9.15. The van der Waals surface area contributed by atoms with Crippen molar-refractivity contribution in [1.82, 2.24) is 25.4 Å². The summed E-state index contributed by atoms with van der Waals surface area (Å²) in [6.45, 7) is 8.63. The lowest BCUT2D eigenvalue weighted by atomic mass is 10.3. The topological polar surface area (TPSA) is 67.1 Å². The minimum Gasteiger partial charge on any atom is -0.357 e. The SMILES string of the molecule is CCNC(=NCCn1cnnc1CC)NC(C)c1cccs1.I. The van der Waals surface area contributed by atoms with E-state index >= 15 is 0 Å². The standard InChI is InChI=1S/C15H24N6S.HI/c1-4-14-20-18-11-21(14)9-8-17-15(16-5-2)19-12(3)13-7-6-10-22-13;/h6-7,10-12H,4-5,8-9H2,1-3H3,(H2,16,17,19);1H. The first-order valence-electron chi connectivity index (χ1n) is 7.69. The van der Waals surface area contributed by atoms with Crippen LogP contribution in [0.15, 0.2) is 28.8 Å². The number of aryl methyl sites for hydroxylation is 1. The summed E-state index contributed by atoms with van der Waals surface area (Å²) < 4.78 is 2.05. The van der Waals surface area contributed by atoms with Gasteiger partial charge in [0.2, 0.25) is 0 Å². The number of nitrogens with one attached hydrogen (secondary N) is 2. The molecule has 0 saturated carbocycles. The molecule has 0 fully saturated rings. The Hall–Kier alpha value is -1.16. The van der Waals surface area contributed by atoms with E-state index in [1.54, 1.807) is 17.7 Å². The molecule has 0 aliphatic carbocycles. The first-order valence-corrected chi connectivity index (χ1v) is 8.57. The highest BCUT2D eigenvalue weighted by Gasteiger charge is 2.08. The molecule has 128 valence electrons. The van der Waals surface area contributed by atoms with E-state index in [9.17, 15) is 0 Å². The Balaban J connectivity index is 0.00000264. The van der Waals surface area contributed by atoms with Gasteiger partial charge < -0.3 is 15.2 Å². The highest BCUT2D eigenvalue weighted by Crippen LogP contribution is 2.17. The smallest absolute Gasteiger partial charge is 0.191 e. The van der Waals surface area contributed by atoms with Gasteiger partial charge in [-0.05, 0) is 25.3 Å². The molecule has 0 radical (unpaired) electrons. The van der Waals surface area contributed by atoms with Crippen molar-refractivity contribution in [2.45, 2.75) is 39.8 Å². The number of aromatic nitrogens is 3. The van der Waals surface area contributed by atoms with E-state index in [4.69, 9.17) is 0 Å².